The van der Waals surface area contributed by atoms with Crippen molar-refractivity contribution in [2.75, 3.05) is 45.3 Å². The highest BCUT2D eigenvalue weighted by atomic mass is 19.1. The van der Waals surface area contributed by atoms with Gasteiger partial charge in [0, 0.05) is 13.1 Å². The summed E-state index contributed by atoms with van der Waals surface area (Å²) in [5.41, 5.74) is 0.255. The van der Waals surface area contributed by atoms with E-state index in [4.69, 9.17) is 14.2 Å². The highest BCUT2D eigenvalue weighted by Gasteiger charge is 2.18. The summed E-state index contributed by atoms with van der Waals surface area (Å²) in [4.78, 5) is 26.3. The number of nitriles is 1. The van der Waals surface area contributed by atoms with Crippen molar-refractivity contribution in [3.8, 4) is 17.6 Å². The Labute approximate surface area is 184 Å². The fraction of sp³-hybridized carbons (Fsp3) is 0.261. The third-order valence-corrected chi connectivity index (χ3v) is 4.70. The van der Waals surface area contributed by atoms with Crippen molar-refractivity contribution in [2.24, 2.45) is 0 Å². The molecule has 1 saturated heterocycles. The van der Waals surface area contributed by atoms with Crippen LogP contribution < -0.4 is 14.8 Å². The van der Waals surface area contributed by atoms with Gasteiger partial charge in [-0.3, -0.25) is 9.59 Å². The van der Waals surface area contributed by atoms with Crippen molar-refractivity contribution in [2.45, 2.75) is 0 Å². The molecule has 0 aromatic heterocycles. The van der Waals surface area contributed by atoms with E-state index in [1.54, 1.807) is 29.2 Å². The number of morpholine rings is 1. The number of rotatable bonds is 7. The Morgan fingerprint density at radius 1 is 1.22 bits per heavy atom. The summed E-state index contributed by atoms with van der Waals surface area (Å²) in [7, 11) is 1.44. The third kappa shape index (κ3) is 5.83. The summed E-state index contributed by atoms with van der Waals surface area (Å²) in [5.74, 6) is -0.822. The summed E-state index contributed by atoms with van der Waals surface area (Å²) in [5, 5.41) is 11.7. The van der Waals surface area contributed by atoms with E-state index in [0.717, 1.165) is 0 Å². The molecule has 0 saturated carbocycles. The first-order chi connectivity index (χ1) is 15.5. The van der Waals surface area contributed by atoms with Crippen molar-refractivity contribution >= 4 is 23.6 Å². The lowest BCUT2D eigenvalue weighted by Crippen LogP contribution is -2.43. The fourth-order valence-corrected chi connectivity index (χ4v) is 3.00. The number of methoxy groups -OCH3 is 1. The lowest BCUT2D eigenvalue weighted by molar-refractivity contribution is -0.137. The second kappa shape index (κ2) is 10.9. The molecule has 8 nitrogen and oxygen atoms in total. The number of hydrogen-bond acceptors (Lipinski definition) is 6. The molecule has 0 spiro atoms. The van der Waals surface area contributed by atoms with Gasteiger partial charge in [-0.05, 0) is 35.9 Å². The minimum Gasteiger partial charge on any atom is -0.493 e. The summed E-state index contributed by atoms with van der Waals surface area (Å²) in [6.45, 7) is 1.90. The highest BCUT2D eigenvalue weighted by molar-refractivity contribution is 6.09. The second-order valence-electron chi connectivity index (χ2n) is 6.80. The SMILES string of the molecule is COc1cc(/C=C(\C#N)C(=O)Nc2ccccc2F)ccc1OCC(=O)N1CCOCC1. The number of para-hydroxylation sites is 1. The van der Waals surface area contributed by atoms with Crippen LogP contribution in [0.3, 0.4) is 0 Å². The second-order valence-corrected chi connectivity index (χ2v) is 6.80. The van der Waals surface area contributed by atoms with Gasteiger partial charge in [0.2, 0.25) is 0 Å². The number of carbonyl (C=O) groups excluding carboxylic acids is 2. The molecular weight excluding hydrogens is 417 g/mol. The topological polar surface area (TPSA) is 101 Å². The maximum absolute atomic E-state index is 13.8. The number of ether oxygens (including phenoxy) is 3. The Morgan fingerprint density at radius 3 is 2.66 bits per heavy atom. The minimum absolute atomic E-state index is 0.0232. The largest absolute Gasteiger partial charge is 0.493 e. The average Bonchev–Trinajstić information content (AvgIpc) is 2.83. The Morgan fingerprint density at radius 2 is 1.97 bits per heavy atom. The van der Waals surface area contributed by atoms with Crippen molar-refractivity contribution in [1.82, 2.24) is 4.90 Å². The van der Waals surface area contributed by atoms with Crippen molar-refractivity contribution in [3.05, 3.63) is 59.4 Å². The molecule has 0 bridgehead atoms. The first-order valence-electron chi connectivity index (χ1n) is 9.86. The Balaban J connectivity index is 1.70. The number of halogens is 1. The lowest BCUT2D eigenvalue weighted by Gasteiger charge is -2.26. The molecule has 2 aromatic rings. The number of benzene rings is 2. The van der Waals surface area contributed by atoms with E-state index in [2.05, 4.69) is 5.32 Å². The number of amides is 2. The molecule has 32 heavy (non-hydrogen) atoms. The van der Waals surface area contributed by atoms with Gasteiger partial charge in [-0.15, -0.1) is 0 Å². The molecular formula is C23H22FN3O5. The summed E-state index contributed by atoms with van der Waals surface area (Å²) >= 11 is 0. The maximum atomic E-state index is 13.8. The molecule has 1 fully saturated rings. The molecule has 1 aliphatic rings. The van der Waals surface area contributed by atoms with Crippen LogP contribution in [-0.4, -0.2) is 56.7 Å². The smallest absolute Gasteiger partial charge is 0.266 e. The van der Waals surface area contributed by atoms with Gasteiger partial charge in [0.1, 0.15) is 17.5 Å². The van der Waals surface area contributed by atoms with Crippen LogP contribution in [0.25, 0.3) is 6.08 Å². The zero-order chi connectivity index (χ0) is 22.9. The third-order valence-electron chi connectivity index (χ3n) is 4.70. The van der Waals surface area contributed by atoms with Crippen LogP contribution in [0.1, 0.15) is 5.56 Å². The molecule has 1 N–H and O–H groups in total. The van der Waals surface area contributed by atoms with E-state index in [1.165, 1.54) is 31.4 Å². The fourth-order valence-electron chi connectivity index (χ4n) is 3.00. The number of carbonyl (C=O) groups is 2. The first kappa shape index (κ1) is 22.8. The molecule has 0 unspecified atom stereocenters. The van der Waals surface area contributed by atoms with Gasteiger partial charge in [-0.2, -0.15) is 5.26 Å². The molecule has 0 aliphatic carbocycles. The van der Waals surface area contributed by atoms with Gasteiger partial charge in [-0.25, -0.2) is 4.39 Å². The van der Waals surface area contributed by atoms with Crippen LogP contribution in [0.15, 0.2) is 48.0 Å². The Hall–Kier alpha value is -3.90. The van der Waals surface area contributed by atoms with E-state index in [9.17, 15) is 19.2 Å². The van der Waals surface area contributed by atoms with E-state index in [-0.39, 0.29) is 23.8 Å². The van der Waals surface area contributed by atoms with Crippen LogP contribution in [-0.2, 0) is 14.3 Å². The normalized spacial score (nSPS) is 13.8. The van der Waals surface area contributed by atoms with Crippen LogP contribution in [0, 0.1) is 17.1 Å². The van der Waals surface area contributed by atoms with Crippen LogP contribution in [0.2, 0.25) is 0 Å². The van der Waals surface area contributed by atoms with Crippen LogP contribution >= 0.6 is 0 Å². The predicted molar refractivity (Wildman–Crippen MR) is 115 cm³/mol. The summed E-state index contributed by atoms with van der Waals surface area (Å²) in [6.07, 6.45) is 1.35. The summed E-state index contributed by atoms with van der Waals surface area (Å²) < 4.78 is 29.9. The summed E-state index contributed by atoms with van der Waals surface area (Å²) in [6, 6.07) is 12.3. The van der Waals surface area contributed by atoms with Gasteiger partial charge in [0.05, 0.1) is 26.0 Å². The van der Waals surface area contributed by atoms with Gasteiger partial charge in [0.15, 0.2) is 18.1 Å². The predicted octanol–water partition coefficient (Wildman–Crippen LogP) is 2.62. The minimum atomic E-state index is -0.743. The molecule has 0 radical (unpaired) electrons. The first-order valence-corrected chi connectivity index (χ1v) is 9.86. The zero-order valence-electron chi connectivity index (χ0n) is 17.5. The van der Waals surface area contributed by atoms with Gasteiger partial charge in [-0.1, -0.05) is 18.2 Å². The van der Waals surface area contributed by atoms with E-state index < -0.39 is 11.7 Å². The molecule has 9 heteroatoms. The van der Waals surface area contributed by atoms with Crippen molar-refractivity contribution in [3.63, 3.8) is 0 Å². The molecule has 166 valence electrons. The van der Waals surface area contributed by atoms with E-state index in [0.29, 0.717) is 43.4 Å². The molecule has 2 amide bonds. The van der Waals surface area contributed by atoms with E-state index >= 15 is 0 Å². The number of hydrogen-bond donors (Lipinski definition) is 1. The standard InChI is InChI=1S/C23H22FN3O5/c1-30-21-13-16(6-7-20(21)32-15-22(28)27-8-10-31-11-9-27)12-17(14-25)23(29)26-19-5-3-2-4-18(19)24/h2-7,12-13H,8-11,15H2,1H3,(H,26,29)/b17-12+. The molecule has 2 aromatic carbocycles. The quantitative estimate of drug-likeness (QED) is 0.526. The Bertz CT molecular complexity index is 1060. The van der Waals surface area contributed by atoms with Crippen molar-refractivity contribution in [1.29, 1.82) is 5.26 Å². The van der Waals surface area contributed by atoms with Gasteiger partial charge < -0.3 is 24.4 Å². The number of nitrogens with zero attached hydrogens (tertiary/aromatic N) is 2. The Kier molecular flexibility index (Phi) is 7.78. The lowest BCUT2D eigenvalue weighted by atomic mass is 10.1. The van der Waals surface area contributed by atoms with Crippen LogP contribution in [0.4, 0.5) is 10.1 Å². The maximum Gasteiger partial charge on any atom is 0.266 e. The molecule has 1 aliphatic heterocycles. The highest BCUT2D eigenvalue weighted by Crippen LogP contribution is 2.29. The molecule has 3 rings (SSSR count). The van der Waals surface area contributed by atoms with Crippen molar-refractivity contribution < 1.29 is 28.2 Å². The average molecular weight is 439 g/mol. The zero-order valence-corrected chi connectivity index (χ0v) is 17.5. The van der Waals surface area contributed by atoms with Gasteiger partial charge in [0.25, 0.3) is 11.8 Å². The monoisotopic (exact) mass is 439 g/mol. The van der Waals surface area contributed by atoms with Gasteiger partial charge >= 0.3 is 0 Å². The number of anilines is 1. The molecule has 0 atom stereocenters. The van der Waals surface area contributed by atoms with E-state index in [1.807, 2.05) is 6.07 Å². The van der Waals surface area contributed by atoms with Crippen LogP contribution in [0.5, 0.6) is 11.5 Å². The molecule has 1 heterocycles. The number of nitrogens with one attached hydrogen (secondary N) is 1.